The quantitative estimate of drug-likeness (QED) is 0.581. The molecule has 0 radical (unpaired) electrons. The van der Waals surface area contributed by atoms with E-state index in [0.29, 0.717) is 0 Å². The summed E-state index contributed by atoms with van der Waals surface area (Å²) in [6, 6.07) is 6.40. The van der Waals surface area contributed by atoms with Gasteiger partial charge in [-0.05, 0) is 24.3 Å². The average molecular weight is 191 g/mol. The van der Waals surface area contributed by atoms with Crippen molar-refractivity contribution in [1.29, 1.82) is 0 Å². The minimum absolute atomic E-state index is 0.147. The van der Waals surface area contributed by atoms with Crippen LogP contribution in [0, 0.1) is 0 Å². The van der Waals surface area contributed by atoms with Crippen LogP contribution in [0.4, 0.5) is 5.69 Å². The van der Waals surface area contributed by atoms with Gasteiger partial charge >= 0.3 is 5.97 Å². The number of rotatable bonds is 3. The number of carboxylic acid groups (broad SMARTS) is 1. The van der Waals surface area contributed by atoms with E-state index in [1.54, 1.807) is 18.3 Å². The Hall–Kier alpha value is -1.68. The highest BCUT2D eigenvalue weighted by Crippen LogP contribution is 2.14. The van der Waals surface area contributed by atoms with Gasteiger partial charge in [-0.1, -0.05) is 0 Å². The van der Waals surface area contributed by atoms with Crippen molar-refractivity contribution in [2.45, 2.75) is 6.10 Å². The van der Waals surface area contributed by atoms with E-state index in [-0.39, 0.29) is 11.7 Å². The molecule has 2 rings (SSSR count). The van der Waals surface area contributed by atoms with Gasteiger partial charge in [0.05, 0.1) is 17.9 Å². The van der Waals surface area contributed by atoms with Crippen molar-refractivity contribution in [3.05, 3.63) is 29.8 Å². The molecule has 0 amide bonds. The molecule has 0 aliphatic carbocycles. The summed E-state index contributed by atoms with van der Waals surface area (Å²) in [5, 5.41) is 8.65. The zero-order valence-corrected chi connectivity index (χ0v) is 7.38. The fourth-order valence-corrected chi connectivity index (χ4v) is 1.00. The molecular weight excluding hydrogens is 182 g/mol. The summed E-state index contributed by atoms with van der Waals surface area (Å²) in [7, 11) is 0. The summed E-state index contributed by atoms with van der Waals surface area (Å²) in [4.78, 5) is 14.7. The van der Waals surface area contributed by atoms with Gasteiger partial charge in [-0.25, -0.2) is 4.79 Å². The molecule has 1 aromatic rings. The van der Waals surface area contributed by atoms with Crippen molar-refractivity contribution in [3.63, 3.8) is 0 Å². The Balaban J connectivity index is 2.08. The first kappa shape index (κ1) is 8.90. The van der Waals surface area contributed by atoms with Crippen molar-refractivity contribution in [2.75, 3.05) is 6.61 Å². The normalized spacial score (nSPS) is 19.9. The number of benzene rings is 1. The van der Waals surface area contributed by atoms with Gasteiger partial charge in [0.2, 0.25) is 0 Å². The predicted molar refractivity (Wildman–Crippen MR) is 51.3 cm³/mol. The Morgan fingerprint density at radius 3 is 2.64 bits per heavy atom. The molecular formula is C10H9NO3. The number of nitrogens with zero attached hydrogens (tertiary/aromatic N) is 1. The van der Waals surface area contributed by atoms with E-state index < -0.39 is 5.97 Å². The van der Waals surface area contributed by atoms with E-state index >= 15 is 0 Å². The first-order chi connectivity index (χ1) is 6.75. The molecule has 1 heterocycles. The second kappa shape index (κ2) is 3.59. The molecule has 0 unspecified atom stereocenters. The number of hydrogen-bond donors (Lipinski definition) is 1. The highest BCUT2D eigenvalue weighted by Gasteiger charge is 2.19. The standard InChI is InChI=1S/C10H9NO3/c12-10(13)7-1-3-8(4-2-7)11-5-9-6-14-9/h1-5,9H,6H2,(H,12,13)/t9-/m0/s1. The van der Waals surface area contributed by atoms with Crippen LogP contribution in [0.5, 0.6) is 0 Å². The number of hydrogen-bond acceptors (Lipinski definition) is 3. The van der Waals surface area contributed by atoms with Crippen molar-refractivity contribution < 1.29 is 14.6 Å². The van der Waals surface area contributed by atoms with Crippen LogP contribution >= 0.6 is 0 Å². The smallest absolute Gasteiger partial charge is 0.335 e. The lowest BCUT2D eigenvalue weighted by Crippen LogP contribution is -1.94. The minimum atomic E-state index is -0.925. The molecule has 1 aliphatic rings. The summed E-state index contributed by atoms with van der Waals surface area (Å²) < 4.78 is 4.95. The van der Waals surface area contributed by atoms with Crippen LogP contribution in [-0.4, -0.2) is 30.0 Å². The number of aromatic carboxylic acids is 1. The Morgan fingerprint density at radius 1 is 1.50 bits per heavy atom. The van der Waals surface area contributed by atoms with Crippen LogP contribution in [0.2, 0.25) is 0 Å². The largest absolute Gasteiger partial charge is 0.478 e. The van der Waals surface area contributed by atoms with E-state index in [1.165, 1.54) is 12.1 Å². The first-order valence-corrected chi connectivity index (χ1v) is 4.25. The Morgan fingerprint density at radius 2 is 2.14 bits per heavy atom. The highest BCUT2D eigenvalue weighted by molar-refractivity contribution is 5.88. The van der Waals surface area contributed by atoms with Gasteiger partial charge in [0.1, 0.15) is 6.10 Å². The van der Waals surface area contributed by atoms with Gasteiger partial charge in [0.25, 0.3) is 0 Å². The lowest BCUT2D eigenvalue weighted by atomic mass is 10.2. The summed E-state index contributed by atoms with van der Waals surface area (Å²) in [5.41, 5.74) is 1.01. The van der Waals surface area contributed by atoms with Crippen LogP contribution in [0.1, 0.15) is 10.4 Å². The minimum Gasteiger partial charge on any atom is -0.478 e. The SMILES string of the molecule is O=C(O)c1ccc(N=C[C@H]2CO2)cc1. The number of carbonyl (C=O) groups is 1. The second-order valence-corrected chi connectivity index (χ2v) is 3.00. The van der Waals surface area contributed by atoms with E-state index in [1.807, 2.05) is 0 Å². The number of carboxylic acids is 1. The first-order valence-electron chi connectivity index (χ1n) is 4.25. The van der Waals surface area contributed by atoms with Crippen LogP contribution < -0.4 is 0 Å². The lowest BCUT2D eigenvalue weighted by Gasteiger charge is -1.94. The molecule has 1 atom stereocenters. The maximum atomic E-state index is 10.5. The fraction of sp³-hybridized carbons (Fsp3) is 0.200. The molecule has 0 saturated carbocycles. The maximum absolute atomic E-state index is 10.5. The van der Waals surface area contributed by atoms with Crippen molar-refractivity contribution >= 4 is 17.9 Å². The summed E-state index contributed by atoms with van der Waals surface area (Å²) >= 11 is 0. The van der Waals surface area contributed by atoms with Crippen LogP contribution in [0.15, 0.2) is 29.3 Å². The Bertz CT molecular complexity index is 365. The van der Waals surface area contributed by atoms with Gasteiger partial charge in [0, 0.05) is 6.21 Å². The molecule has 1 aliphatic heterocycles. The van der Waals surface area contributed by atoms with Gasteiger partial charge in [-0.3, -0.25) is 4.99 Å². The van der Waals surface area contributed by atoms with Gasteiger partial charge in [-0.2, -0.15) is 0 Å². The maximum Gasteiger partial charge on any atom is 0.335 e. The zero-order valence-electron chi connectivity index (χ0n) is 7.38. The molecule has 14 heavy (non-hydrogen) atoms. The molecule has 4 nitrogen and oxygen atoms in total. The number of ether oxygens (including phenoxy) is 1. The Labute approximate surface area is 80.8 Å². The van der Waals surface area contributed by atoms with Crippen molar-refractivity contribution in [1.82, 2.24) is 0 Å². The second-order valence-electron chi connectivity index (χ2n) is 3.00. The Kier molecular flexibility index (Phi) is 2.28. The average Bonchev–Trinajstić information content (AvgIpc) is 2.99. The molecule has 4 heteroatoms. The predicted octanol–water partition coefficient (Wildman–Crippen LogP) is 1.49. The number of epoxide rings is 1. The van der Waals surface area contributed by atoms with E-state index in [2.05, 4.69) is 4.99 Å². The molecule has 72 valence electrons. The molecule has 1 N–H and O–H groups in total. The highest BCUT2D eigenvalue weighted by atomic mass is 16.6. The lowest BCUT2D eigenvalue weighted by molar-refractivity contribution is 0.0697. The summed E-state index contributed by atoms with van der Waals surface area (Å²) in [6.45, 7) is 0.733. The van der Waals surface area contributed by atoms with Gasteiger partial charge in [-0.15, -0.1) is 0 Å². The molecule has 0 aromatic heterocycles. The summed E-state index contributed by atoms with van der Waals surface area (Å²) in [6.07, 6.45) is 1.87. The van der Waals surface area contributed by atoms with Crippen molar-refractivity contribution in [2.24, 2.45) is 4.99 Å². The fourth-order valence-electron chi connectivity index (χ4n) is 1.00. The van der Waals surface area contributed by atoms with Crippen LogP contribution in [0.3, 0.4) is 0 Å². The molecule has 1 aromatic carbocycles. The molecule has 0 spiro atoms. The van der Waals surface area contributed by atoms with Crippen molar-refractivity contribution in [3.8, 4) is 0 Å². The van der Waals surface area contributed by atoms with E-state index in [4.69, 9.17) is 9.84 Å². The zero-order chi connectivity index (χ0) is 9.97. The third-order valence-corrected chi connectivity index (χ3v) is 1.86. The van der Waals surface area contributed by atoms with Crippen LogP contribution in [0.25, 0.3) is 0 Å². The molecule has 1 fully saturated rings. The third-order valence-electron chi connectivity index (χ3n) is 1.86. The van der Waals surface area contributed by atoms with E-state index in [0.717, 1.165) is 12.3 Å². The topological polar surface area (TPSA) is 62.2 Å². The third kappa shape index (κ3) is 2.17. The van der Waals surface area contributed by atoms with Gasteiger partial charge in [0.15, 0.2) is 0 Å². The molecule has 1 saturated heterocycles. The van der Waals surface area contributed by atoms with Gasteiger partial charge < -0.3 is 9.84 Å². The van der Waals surface area contributed by atoms with E-state index in [9.17, 15) is 4.79 Å². The van der Waals surface area contributed by atoms with Crippen LogP contribution in [-0.2, 0) is 4.74 Å². The number of aliphatic imine (C=N–C) groups is 1. The summed E-state index contributed by atoms with van der Waals surface area (Å²) in [5.74, 6) is -0.925. The monoisotopic (exact) mass is 191 g/mol. The molecule has 0 bridgehead atoms.